The maximum absolute atomic E-state index is 15.4. The molecular weight excluding hydrogens is 523 g/mol. The van der Waals surface area contributed by atoms with Crippen LogP contribution in [0.1, 0.15) is 53.6 Å². The number of alkyl halides is 2. The molecule has 3 N–H and O–H groups in total. The van der Waals surface area contributed by atoms with Gasteiger partial charge in [0.1, 0.15) is 11.5 Å². The van der Waals surface area contributed by atoms with Crippen molar-refractivity contribution in [1.29, 1.82) is 0 Å². The molecule has 10 nitrogen and oxygen atoms in total. The van der Waals surface area contributed by atoms with Crippen LogP contribution < -0.4 is 15.8 Å². The maximum atomic E-state index is 15.4. The molecule has 3 rings (SSSR count). The van der Waals surface area contributed by atoms with Crippen molar-refractivity contribution in [2.45, 2.75) is 52.7 Å². The standard InChI is InChI=1S/C24H28F3N7O3S/c1-12-6-15(8-16(21(12)27)24(4,33-23(28)38-5)13(2)7-18(25)26)32-22(35)17-9-30-19(10-29-17)36-11-20-31-14(3)34-37-20/h6,8-10,13,18H,7,11H2,1-5H3,(H2,28,33)(H,32,35)/t13-,24+/m1/s1. The van der Waals surface area contributed by atoms with Gasteiger partial charge in [0, 0.05) is 17.7 Å². The Hall–Kier alpha value is -3.68. The highest BCUT2D eigenvalue weighted by Gasteiger charge is 2.38. The summed E-state index contributed by atoms with van der Waals surface area (Å²) in [5, 5.41) is 6.42. The number of carbonyl (C=O) groups is 1. The number of benzene rings is 1. The summed E-state index contributed by atoms with van der Waals surface area (Å²) < 4.78 is 52.3. The van der Waals surface area contributed by atoms with Crippen LogP contribution in [0.25, 0.3) is 0 Å². The molecule has 0 radical (unpaired) electrons. The largest absolute Gasteiger partial charge is 0.466 e. The zero-order chi connectivity index (χ0) is 28.0. The van der Waals surface area contributed by atoms with E-state index in [1.165, 1.54) is 31.5 Å². The Bertz CT molecular complexity index is 1300. The topological polar surface area (TPSA) is 141 Å². The highest BCUT2D eigenvalue weighted by Crippen LogP contribution is 2.40. The van der Waals surface area contributed by atoms with E-state index in [0.29, 0.717) is 5.82 Å². The molecule has 1 amide bonds. The highest BCUT2D eigenvalue weighted by molar-refractivity contribution is 8.13. The Kier molecular flexibility index (Phi) is 9.31. The van der Waals surface area contributed by atoms with Crippen molar-refractivity contribution in [3.8, 4) is 5.88 Å². The minimum absolute atomic E-state index is 0.0228. The summed E-state index contributed by atoms with van der Waals surface area (Å²) >= 11 is 1.12. The number of rotatable bonds is 10. The zero-order valence-corrected chi connectivity index (χ0v) is 22.3. The van der Waals surface area contributed by atoms with Crippen molar-refractivity contribution in [2.75, 3.05) is 11.6 Å². The molecule has 2 aromatic heterocycles. The van der Waals surface area contributed by atoms with Gasteiger partial charge in [-0.05, 0) is 50.6 Å². The number of halogens is 3. The van der Waals surface area contributed by atoms with E-state index in [-0.39, 0.29) is 46.1 Å². The van der Waals surface area contributed by atoms with E-state index in [2.05, 4.69) is 30.4 Å². The van der Waals surface area contributed by atoms with E-state index < -0.39 is 36.0 Å². The van der Waals surface area contributed by atoms with Crippen LogP contribution in [-0.4, -0.2) is 43.9 Å². The number of nitrogens with one attached hydrogen (secondary N) is 1. The lowest BCUT2D eigenvalue weighted by Crippen LogP contribution is -2.33. The van der Waals surface area contributed by atoms with Gasteiger partial charge in [0.05, 0.1) is 17.9 Å². The summed E-state index contributed by atoms with van der Waals surface area (Å²) in [6, 6.07) is 2.80. The van der Waals surface area contributed by atoms with Gasteiger partial charge in [0.25, 0.3) is 11.8 Å². The summed E-state index contributed by atoms with van der Waals surface area (Å²) in [4.78, 5) is 29.3. The van der Waals surface area contributed by atoms with Crippen molar-refractivity contribution >= 4 is 28.5 Å². The number of ether oxygens (including phenoxy) is 1. The zero-order valence-electron chi connectivity index (χ0n) is 21.5. The fourth-order valence-corrected chi connectivity index (χ4v) is 3.94. The third kappa shape index (κ3) is 7.00. The summed E-state index contributed by atoms with van der Waals surface area (Å²) in [7, 11) is 0. The average molecular weight is 552 g/mol. The Morgan fingerprint density at radius 1 is 1.29 bits per heavy atom. The number of hydrogen-bond donors (Lipinski definition) is 2. The van der Waals surface area contributed by atoms with Crippen molar-refractivity contribution in [1.82, 2.24) is 20.1 Å². The lowest BCUT2D eigenvalue weighted by Gasteiger charge is -2.34. The molecule has 0 aliphatic carbocycles. The van der Waals surface area contributed by atoms with Gasteiger partial charge in [0.15, 0.2) is 17.6 Å². The summed E-state index contributed by atoms with van der Waals surface area (Å²) in [5.41, 5.74) is 4.91. The molecule has 0 aliphatic heterocycles. The highest BCUT2D eigenvalue weighted by atomic mass is 32.2. The van der Waals surface area contributed by atoms with Crippen LogP contribution >= 0.6 is 11.8 Å². The number of aryl methyl sites for hydroxylation is 2. The Morgan fingerprint density at radius 3 is 2.61 bits per heavy atom. The minimum atomic E-state index is -2.62. The van der Waals surface area contributed by atoms with Gasteiger partial charge >= 0.3 is 0 Å². The first kappa shape index (κ1) is 28.9. The minimum Gasteiger partial charge on any atom is -0.466 e. The molecule has 0 unspecified atom stereocenters. The number of nitrogens with two attached hydrogens (primary N) is 1. The maximum Gasteiger partial charge on any atom is 0.275 e. The van der Waals surface area contributed by atoms with E-state index in [0.717, 1.165) is 11.8 Å². The van der Waals surface area contributed by atoms with Crippen molar-refractivity contribution < 1.29 is 27.2 Å². The van der Waals surface area contributed by atoms with E-state index in [1.807, 2.05) is 0 Å². The molecule has 38 heavy (non-hydrogen) atoms. The monoisotopic (exact) mass is 551 g/mol. The van der Waals surface area contributed by atoms with Crippen LogP contribution in [0.2, 0.25) is 0 Å². The lowest BCUT2D eigenvalue weighted by atomic mass is 9.78. The normalized spacial score (nSPS) is 14.3. The summed E-state index contributed by atoms with van der Waals surface area (Å²) in [6.07, 6.45) is 0.997. The number of thioether (sulfide) groups is 1. The van der Waals surface area contributed by atoms with Crippen LogP contribution in [0.15, 0.2) is 34.0 Å². The van der Waals surface area contributed by atoms with Gasteiger partial charge in [-0.15, -0.1) is 0 Å². The number of nitrogens with zero attached hydrogens (tertiary/aromatic N) is 5. The predicted octanol–water partition coefficient (Wildman–Crippen LogP) is 4.63. The first-order chi connectivity index (χ1) is 17.9. The molecule has 0 saturated carbocycles. The molecule has 0 fully saturated rings. The molecule has 0 saturated heterocycles. The quantitative estimate of drug-likeness (QED) is 0.272. The van der Waals surface area contributed by atoms with Crippen LogP contribution in [0.3, 0.4) is 0 Å². The van der Waals surface area contributed by atoms with E-state index >= 15 is 4.39 Å². The molecule has 0 spiro atoms. The fourth-order valence-electron chi connectivity index (χ4n) is 3.65. The second kappa shape index (κ2) is 12.2. The number of amides is 1. The van der Waals surface area contributed by atoms with Gasteiger partial charge in [-0.1, -0.05) is 23.8 Å². The fraction of sp³-hybridized carbons (Fsp3) is 0.417. The number of aromatic nitrogens is 4. The van der Waals surface area contributed by atoms with Gasteiger partial charge in [-0.2, -0.15) is 4.98 Å². The number of carbonyl (C=O) groups excluding carboxylic acids is 1. The van der Waals surface area contributed by atoms with Crippen LogP contribution in [0.5, 0.6) is 5.88 Å². The Labute approximate surface area is 221 Å². The first-order valence-electron chi connectivity index (χ1n) is 11.5. The molecule has 0 bridgehead atoms. The van der Waals surface area contributed by atoms with Crippen molar-refractivity contribution in [2.24, 2.45) is 16.6 Å². The van der Waals surface area contributed by atoms with E-state index in [9.17, 15) is 13.6 Å². The molecule has 204 valence electrons. The van der Waals surface area contributed by atoms with Gasteiger partial charge in [-0.3, -0.25) is 9.79 Å². The summed E-state index contributed by atoms with van der Waals surface area (Å²) in [5.74, 6) is -1.17. The Morgan fingerprint density at radius 2 is 2.03 bits per heavy atom. The van der Waals surface area contributed by atoms with Crippen LogP contribution in [0, 0.1) is 25.6 Å². The molecule has 2 heterocycles. The molecule has 0 aliphatic rings. The lowest BCUT2D eigenvalue weighted by molar-refractivity contribution is 0.0975. The van der Waals surface area contributed by atoms with E-state index in [4.69, 9.17) is 15.0 Å². The number of anilines is 1. The molecule has 3 aromatic rings. The molecule has 14 heteroatoms. The number of amidine groups is 1. The molecule has 2 atom stereocenters. The van der Waals surface area contributed by atoms with Gasteiger partial charge in [-0.25, -0.2) is 23.1 Å². The molecule has 1 aromatic carbocycles. The predicted molar refractivity (Wildman–Crippen MR) is 137 cm³/mol. The van der Waals surface area contributed by atoms with Gasteiger partial charge < -0.3 is 20.3 Å². The third-order valence-corrected chi connectivity index (χ3v) is 6.38. The average Bonchev–Trinajstić information content (AvgIpc) is 3.29. The molecular formula is C24H28F3N7O3S. The van der Waals surface area contributed by atoms with Crippen molar-refractivity contribution in [3.05, 3.63) is 58.9 Å². The van der Waals surface area contributed by atoms with Crippen LogP contribution in [0.4, 0.5) is 18.9 Å². The second-order valence-corrected chi connectivity index (χ2v) is 9.53. The smallest absolute Gasteiger partial charge is 0.275 e. The van der Waals surface area contributed by atoms with Gasteiger partial charge in [0.2, 0.25) is 12.3 Å². The second-order valence-electron chi connectivity index (χ2n) is 8.70. The van der Waals surface area contributed by atoms with Crippen molar-refractivity contribution in [3.63, 3.8) is 0 Å². The number of aliphatic imine (C=N–C) groups is 1. The number of hydrogen-bond acceptors (Lipinski definition) is 9. The van der Waals surface area contributed by atoms with Crippen LogP contribution in [-0.2, 0) is 12.1 Å². The first-order valence-corrected chi connectivity index (χ1v) is 12.7. The summed E-state index contributed by atoms with van der Waals surface area (Å²) in [6.45, 7) is 6.26. The van der Waals surface area contributed by atoms with E-state index in [1.54, 1.807) is 27.0 Å². The SMILES string of the molecule is CS/C(N)=N\[C@](C)(c1cc(NC(=O)c2cnc(OCc3nc(C)no3)cn2)cc(C)c1F)[C@H](C)CC(F)F. The Balaban J connectivity index is 1.84. The third-order valence-electron chi connectivity index (χ3n) is 5.87.